The second-order valence-electron chi connectivity index (χ2n) is 3.65. The van der Waals surface area contributed by atoms with Gasteiger partial charge in [0.2, 0.25) is 5.89 Å². The molecule has 0 radical (unpaired) electrons. The van der Waals surface area contributed by atoms with Gasteiger partial charge in [-0.2, -0.15) is 0 Å². The fourth-order valence-corrected chi connectivity index (χ4v) is 1.78. The number of aromatic hydroxyl groups is 1. The lowest BCUT2D eigenvalue weighted by atomic mass is 10.2. The van der Waals surface area contributed by atoms with E-state index in [2.05, 4.69) is 4.98 Å². The number of halogens is 1. The quantitative estimate of drug-likeness (QED) is 0.708. The Labute approximate surface area is 102 Å². The van der Waals surface area contributed by atoms with Crippen LogP contribution in [-0.4, -0.2) is 10.1 Å². The van der Waals surface area contributed by atoms with Crippen LogP contribution < -0.4 is 0 Å². The number of hydrogen-bond acceptors (Lipinski definition) is 3. The van der Waals surface area contributed by atoms with Crippen LogP contribution >= 0.6 is 11.6 Å². The van der Waals surface area contributed by atoms with E-state index in [9.17, 15) is 5.11 Å². The van der Waals surface area contributed by atoms with Gasteiger partial charge in [-0.05, 0) is 36.4 Å². The van der Waals surface area contributed by atoms with Crippen molar-refractivity contribution in [2.24, 2.45) is 0 Å². The van der Waals surface area contributed by atoms with Crippen LogP contribution in [0.1, 0.15) is 0 Å². The number of phenolic OH excluding ortho intramolecular Hbond substituents is 1. The Bertz CT molecular complexity index is 673. The molecule has 0 aliphatic carbocycles. The third kappa shape index (κ3) is 1.74. The maximum Gasteiger partial charge on any atom is 0.227 e. The fraction of sp³-hybridized carbons (Fsp3) is 0. The number of aromatic nitrogens is 1. The van der Waals surface area contributed by atoms with Crippen molar-refractivity contribution in [3.63, 3.8) is 0 Å². The number of phenols is 1. The molecule has 1 aromatic heterocycles. The minimum atomic E-state index is 0.0928. The molecule has 0 atom stereocenters. The van der Waals surface area contributed by atoms with E-state index in [0.29, 0.717) is 22.0 Å². The SMILES string of the molecule is Oc1cccc2nc(-c3ccc(Cl)cc3)oc12. The van der Waals surface area contributed by atoms with Crippen LogP contribution in [0.2, 0.25) is 5.02 Å². The number of benzene rings is 2. The first kappa shape index (κ1) is 10.2. The van der Waals surface area contributed by atoms with E-state index >= 15 is 0 Å². The molecule has 3 nitrogen and oxygen atoms in total. The molecule has 0 aliphatic rings. The van der Waals surface area contributed by atoms with Crippen molar-refractivity contribution in [2.45, 2.75) is 0 Å². The lowest BCUT2D eigenvalue weighted by Crippen LogP contribution is -1.75. The second-order valence-corrected chi connectivity index (χ2v) is 4.09. The van der Waals surface area contributed by atoms with Gasteiger partial charge in [0, 0.05) is 10.6 Å². The maximum atomic E-state index is 9.62. The first-order valence-electron chi connectivity index (χ1n) is 5.08. The van der Waals surface area contributed by atoms with E-state index in [1.54, 1.807) is 30.3 Å². The predicted octanol–water partition coefficient (Wildman–Crippen LogP) is 3.85. The molecule has 0 unspecified atom stereocenters. The topological polar surface area (TPSA) is 46.3 Å². The molecule has 0 fully saturated rings. The lowest BCUT2D eigenvalue weighted by Gasteiger charge is -1.94. The molecule has 0 spiro atoms. The zero-order valence-electron chi connectivity index (χ0n) is 8.72. The van der Waals surface area contributed by atoms with Gasteiger partial charge in [-0.1, -0.05) is 17.7 Å². The smallest absolute Gasteiger partial charge is 0.227 e. The minimum Gasteiger partial charge on any atom is -0.504 e. The molecule has 4 heteroatoms. The van der Waals surface area contributed by atoms with Gasteiger partial charge in [-0.25, -0.2) is 4.98 Å². The van der Waals surface area contributed by atoms with Gasteiger partial charge in [-0.3, -0.25) is 0 Å². The normalized spacial score (nSPS) is 10.9. The summed E-state index contributed by atoms with van der Waals surface area (Å²) in [5, 5.41) is 10.3. The van der Waals surface area contributed by atoms with E-state index in [1.807, 2.05) is 12.1 Å². The first-order valence-corrected chi connectivity index (χ1v) is 5.46. The number of para-hydroxylation sites is 1. The van der Waals surface area contributed by atoms with Gasteiger partial charge in [-0.15, -0.1) is 0 Å². The summed E-state index contributed by atoms with van der Waals surface area (Å²) in [6.07, 6.45) is 0. The number of oxazole rings is 1. The van der Waals surface area contributed by atoms with E-state index in [4.69, 9.17) is 16.0 Å². The van der Waals surface area contributed by atoms with Crippen LogP contribution in [0.4, 0.5) is 0 Å². The van der Waals surface area contributed by atoms with Crippen molar-refractivity contribution in [1.82, 2.24) is 4.98 Å². The molecule has 17 heavy (non-hydrogen) atoms. The Hall–Kier alpha value is -2.00. The molecular formula is C13H8ClNO2. The summed E-state index contributed by atoms with van der Waals surface area (Å²) in [5.74, 6) is 0.563. The second kappa shape index (κ2) is 3.79. The summed E-state index contributed by atoms with van der Waals surface area (Å²) in [7, 11) is 0. The Balaban J connectivity index is 2.18. The Morgan fingerprint density at radius 2 is 1.82 bits per heavy atom. The summed E-state index contributed by atoms with van der Waals surface area (Å²) in [4.78, 5) is 4.30. The highest BCUT2D eigenvalue weighted by Crippen LogP contribution is 2.30. The van der Waals surface area contributed by atoms with Gasteiger partial charge in [0.15, 0.2) is 11.3 Å². The van der Waals surface area contributed by atoms with Crippen molar-refractivity contribution in [1.29, 1.82) is 0 Å². The zero-order valence-corrected chi connectivity index (χ0v) is 9.48. The van der Waals surface area contributed by atoms with Crippen LogP contribution in [0.5, 0.6) is 5.75 Å². The number of rotatable bonds is 1. The van der Waals surface area contributed by atoms with Crippen molar-refractivity contribution in [3.8, 4) is 17.2 Å². The Morgan fingerprint density at radius 3 is 2.53 bits per heavy atom. The maximum absolute atomic E-state index is 9.62. The highest BCUT2D eigenvalue weighted by atomic mass is 35.5. The van der Waals surface area contributed by atoms with E-state index < -0.39 is 0 Å². The van der Waals surface area contributed by atoms with E-state index in [1.165, 1.54) is 0 Å². The zero-order chi connectivity index (χ0) is 11.8. The van der Waals surface area contributed by atoms with Crippen LogP contribution in [-0.2, 0) is 0 Å². The van der Waals surface area contributed by atoms with Crippen LogP contribution in [0.25, 0.3) is 22.6 Å². The Morgan fingerprint density at radius 1 is 1.06 bits per heavy atom. The molecular weight excluding hydrogens is 238 g/mol. The van der Waals surface area contributed by atoms with Crippen LogP contribution in [0.15, 0.2) is 46.9 Å². The molecule has 3 rings (SSSR count). The molecule has 0 saturated carbocycles. The first-order chi connectivity index (χ1) is 8.24. The van der Waals surface area contributed by atoms with Gasteiger partial charge < -0.3 is 9.52 Å². The van der Waals surface area contributed by atoms with Crippen LogP contribution in [0, 0.1) is 0 Å². The summed E-state index contributed by atoms with van der Waals surface area (Å²) < 4.78 is 5.52. The number of fused-ring (bicyclic) bond motifs is 1. The summed E-state index contributed by atoms with van der Waals surface area (Å²) in [6.45, 7) is 0. The van der Waals surface area contributed by atoms with Gasteiger partial charge in [0.1, 0.15) is 5.52 Å². The van der Waals surface area contributed by atoms with Gasteiger partial charge in [0.25, 0.3) is 0 Å². The van der Waals surface area contributed by atoms with E-state index in [0.717, 1.165) is 5.56 Å². The molecule has 0 amide bonds. The summed E-state index contributed by atoms with van der Waals surface area (Å²) in [6, 6.07) is 12.3. The summed E-state index contributed by atoms with van der Waals surface area (Å²) >= 11 is 5.81. The van der Waals surface area contributed by atoms with Gasteiger partial charge >= 0.3 is 0 Å². The predicted molar refractivity (Wildman–Crippen MR) is 66.1 cm³/mol. The summed E-state index contributed by atoms with van der Waals surface area (Å²) in [5.41, 5.74) is 1.86. The van der Waals surface area contributed by atoms with Gasteiger partial charge in [0.05, 0.1) is 0 Å². The molecule has 0 saturated heterocycles. The highest BCUT2D eigenvalue weighted by Gasteiger charge is 2.10. The number of hydrogen-bond donors (Lipinski definition) is 1. The van der Waals surface area contributed by atoms with Crippen molar-refractivity contribution >= 4 is 22.7 Å². The molecule has 1 heterocycles. The Kier molecular flexibility index (Phi) is 2.27. The molecule has 0 bridgehead atoms. The monoisotopic (exact) mass is 245 g/mol. The molecule has 3 aromatic rings. The standard InChI is InChI=1S/C13H8ClNO2/c14-9-6-4-8(5-7-9)13-15-10-2-1-3-11(16)12(10)17-13/h1-7,16H. The largest absolute Gasteiger partial charge is 0.504 e. The average Bonchev–Trinajstić information content (AvgIpc) is 2.75. The lowest BCUT2D eigenvalue weighted by molar-refractivity contribution is 0.466. The number of nitrogens with zero attached hydrogens (tertiary/aromatic N) is 1. The molecule has 0 aliphatic heterocycles. The van der Waals surface area contributed by atoms with Crippen molar-refractivity contribution in [2.75, 3.05) is 0 Å². The van der Waals surface area contributed by atoms with Crippen molar-refractivity contribution < 1.29 is 9.52 Å². The minimum absolute atomic E-state index is 0.0928. The third-order valence-electron chi connectivity index (χ3n) is 2.49. The fourth-order valence-electron chi connectivity index (χ4n) is 1.65. The average molecular weight is 246 g/mol. The molecule has 1 N–H and O–H groups in total. The van der Waals surface area contributed by atoms with Crippen LogP contribution in [0.3, 0.4) is 0 Å². The third-order valence-corrected chi connectivity index (χ3v) is 2.74. The molecule has 2 aromatic carbocycles. The highest BCUT2D eigenvalue weighted by molar-refractivity contribution is 6.30. The molecule has 84 valence electrons. The van der Waals surface area contributed by atoms with Crippen molar-refractivity contribution in [3.05, 3.63) is 47.5 Å². The van der Waals surface area contributed by atoms with E-state index in [-0.39, 0.29) is 5.75 Å².